The molecule has 1 fully saturated rings. The van der Waals surface area contributed by atoms with Crippen molar-refractivity contribution in [1.29, 1.82) is 0 Å². The number of hydrogen-bond acceptors (Lipinski definition) is 3. The third kappa shape index (κ3) is 2.72. The predicted molar refractivity (Wildman–Crippen MR) is 83.3 cm³/mol. The number of halogens is 1. The van der Waals surface area contributed by atoms with Crippen LogP contribution in [0.5, 0.6) is 0 Å². The Hall–Kier alpha value is -1.39. The minimum Gasteiger partial charge on any atom is -0.302 e. The summed E-state index contributed by atoms with van der Waals surface area (Å²) in [4.78, 5) is 17.6. The van der Waals surface area contributed by atoms with Crippen molar-refractivity contribution < 1.29 is 4.79 Å². The van der Waals surface area contributed by atoms with Gasteiger partial charge in [0.2, 0.25) is 5.91 Å². The highest BCUT2D eigenvalue weighted by Gasteiger charge is 2.26. The second-order valence-electron chi connectivity index (χ2n) is 5.05. The zero-order chi connectivity index (χ0) is 14.1. The summed E-state index contributed by atoms with van der Waals surface area (Å²) in [5, 5.41) is 4.32. The van der Waals surface area contributed by atoms with Gasteiger partial charge in [-0.3, -0.25) is 4.79 Å². The van der Waals surface area contributed by atoms with Crippen molar-refractivity contribution in [3.8, 4) is 11.3 Å². The first-order valence-electron chi connectivity index (χ1n) is 6.68. The van der Waals surface area contributed by atoms with Gasteiger partial charge in [-0.15, -0.1) is 11.3 Å². The molecule has 1 heterocycles. The molecular formula is C15H15ClN2OS. The molecule has 0 radical (unpaired) electrons. The fraction of sp³-hybridized carbons (Fsp3) is 0.333. The van der Waals surface area contributed by atoms with E-state index >= 15 is 0 Å². The highest BCUT2D eigenvalue weighted by molar-refractivity contribution is 7.16. The van der Waals surface area contributed by atoms with Crippen LogP contribution in [0.1, 0.15) is 24.1 Å². The zero-order valence-corrected chi connectivity index (χ0v) is 12.7. The van der Waals surface area contributed by atoms with Gasteiger partial charge < -0.3 is 5.32 Å². The van der Waals surface area contributed by atoms with Crippen LogP contribution in [0, 0.1) is 12.8 Å². The smallest absolute Gasteiger partial charge is 0.229 e. The van der Waals surface area contributed by atoms with Crippen LogP contribution in [0.2, 0.25) is 5.02 Å². The van der Waals surface area contributed by atoms with Crippen molar-refractivity contribution in [2.75, 3.05) is 5.32 Å². The minimum absolute atomic E-state index is 0.104. The van der Waals surface area contributed by atoms with E-state index in [0.29, 0.717) is 10.2 Å². The van der Waals surface area contributed by atoms with E-state index < -0.39 is 0 Å². The average molecular weight is 307 g/mol. The molecule has 2 aromatic rings. The summed E-state index contributed by atoms with van der Waals surface area (Å²) in [5.74, 6) is 0.283. The molecule has 104 valence electrons. The van der Waals surface area contributed by atoms with Gasteiger partial charge in [-0.2, -0.15) is 0 Å². The molecule has 1 aromatic heterocycles. The fourth-order valence-corrected chi connectivity index (χ4v) is 3.17. The van der Waals surface area contributed by atoms with E-state index in [1.807, 2.05) is 31.2 Å². The average Bonchev–Trinajstić information content (AvgIpc) is 2.69. The molecule has 1 saturated carbocycles. The van der Waals surface area contributed by atoms with Gasteiger partial charge >= 0.3 is 0 Å². The summed E-state index contributed by atoms with van der Waals surface area (Å²) in [7, 11) is 0. The third-order valence-electron chi connectivity index (χ3n) is 3.62. The molecule has 1 aromatic carbocycles. The number of aryl methyl sites for hydroxylation is 1. The molecule has 1 N–H and O–H groups in total. The molecule has 0 spiro atoms. The minimum atomic E-state index is 0.104. The van der Waals surface area contributed by atoms with Gasteiger partial charge in [0, 0.05) is 21.4 Å². The van der Waals surface area contributed by atoms with Crippen LogP contribution in [0.4, 0.5) is 5.13 Å². The normalized spacial score (nSPS) is 14.9. The summed E-state index contributed by atoms with van der Waals surface area (Å²) < 4.78 is 0. The number of carbonyl (C=O) groups excluding carboxylic acids is 1. The van der Waals surface area contributed by atoms with Crippen molar-refractivity contribution in [3.05, 3.63) is 34.2 Å². The number of rotatable bonds is 3. The quantitative estimate of drug-likeness (QED) is 0.906. The number of amides is 1. The number of nitrogens with one attached hydrogen (secondary N) is 1. The van der Waals surface area contributed by atoms with Crippen molar-refractivity contribution in [2.45, 2.75) is 26.2 Å². The molecule has 3 rings (SSSR count). The molecule has 1 aliphatic rings. The van der Waals surface area contributed by atoms with Gasteiger partial charge in [0.1, 0.15) is 0 Å². The van der Waals surface area contributed by atoms with Gasteiger partial charge in [-0.05, 0) is 31.9 Å². The van der Waals surface area contributed by atoms with Crippen molar-refractivity contribution in [2.24, 2.45) is 5.92 Å². The Morgan fingerprint density at radius 3 is 2.65 bits per heavy atom. The number of aromatic nitrogens is 1. The van der Waals surface area contributed by atoms with Crippen LogP contribution in [0.15, 0.2) is 24.3 Å². The lowest BCUT2D eigenvalue weighted by Crippen LogP contribution is -2.27. The van der Waals surface area contributed by atoms with Crippen LogP contribution in [0.3, 0.4) is 0 Å². The molecule has 20 heavy (non-hydrogen) atoms. The van der Waals surface area contributed by atoms with Crippen molar-refractivity contribution in [3.63, 3.8) is 0 Å². The molecule has 0 saturated heterocycles. The molecule has 1 amide bonds. The number of anilines is 1. The molecule has 5 heteroatoms. The number of thiazole rings is 1. The van der Waals surface area contributed by atoms with E-state index in [9.17, 15) is 4.79 Å². The highest BCUT2D eigenvalue weighted by atomic mass is 35.5. The van der Waals surface area contributed by atoms with E-state index in [4.69, 9.17) is 11.6 Å². The van der Waals surface area contributed by atoms with Gasteiger partial charge in [0.15, 0.2) is 5.13 Å². The largest absolute Gasteiger partial charge is 0.302 e. The maximum absolute atomic E-state index is 11.9. The predicted octanol–water partition coefficient (Wildman–Crippen LogP) is 4.51. The Balaban J connectivity index is 1.79. The van der Waals surface area contributed by atoms with Crippen LogP contribution in [-0.4, -0.2) is 10.9 Å². The molecule has 3 nitrogen and oxygen atoms in total. The fourth-order valence-electron chi connectivity index (χ4n) is 2.20. The maximum atomic E-state index is 11.9. The van der Waals surface area contributed by atoms with E-state index in [-0.39, 0.29) is 11.8 Å². The van der Waals surface area contributed by atoms with Crippen LogP contribution < -0.4 is 5.32 Å². The summed E-state index contributed by atoms with van der Waals surface area (Å²) in [5.41, 5.74) is 1.93. The van der Waals surface area contributed by atoms with Gasteiger partial charge in [-0.25, -0.2) is 4.98 Å². The summed E-state index contributed by atoms with van der Waals surface area (Å²) in [6.07, 6.45) is 3.16. The SMILES string of the molecule is Cc1sc(NC(=O)C2CCC2)nc1-c1ccc(Cl)cc1. The van der Waals surface area contributed by atoms with Gasteiger partial charge in [0.05, 0.1) is 5.69 Å². The van der Waals surface area contributed by atoms with Crippen molar-refractivity contribution in [1.82, 2.24) is 4.98 Å². The summed E-state index contributed by atoms with van der Waals surface area (Å²) in [6.45, 7) is 2.01. The van der Waals surface area contributed by atoms with Crippen LogP contribution >= 0.6 is 22.9 Å². The molecule has 1 aliphatic carbocycles. The first-order chi connectivity index (χ1) is 9.63. The first kappa shape index (κ1) is 13.6. The van der Waals surface area contributed by atoms with E-state index in [2.05, 4.69) is 10.3 Å². The van der Waals surface area contributed by atoms with Gasteiger partial charge in [-0.1, -0.05) is 30.2 Å². The van der Waals surface area contributed by atoms with Gasteiger partial charge in [0.25, 0.3) is 0 Å². The van der Waals surface area contributed by atoms with Crippen LogP contribution in [0.25, 0.3) is 11.3 Å². The van der Waals surface area contributed by atoms with E-state index in [1.54, 1.807) is 0 Å². The Kier molecular flexibility index (Phi) is 3.76. The Labute approximate surface area is 127 Å². The van der Waals surface area contributed by atoms with Crippen LogP contribution in [-0.2, 0) is 4.79 Å². The molecule has 0 atom stereocenters. The lowest BCUT2D eigenvalue weighted by Gasteiger charge is -2.23. The molecule has 0 bridgehead atoms. The number of nitrogens with zero attached hydrogens (tertiary/aromatic N) is 1. The standard InChI is InChI=1S/C15H15ClN2OS/c1-9-13(10-5-7-12(16)8-6-10)17-15(20-9)18-14(19)11-3-2-4-11/h5-8,11H,2-4H2,1H3,(H,17,18,19). The highest BCUT2D eigenvalue weighted by Crippen LogP contribution is 2.33. The molecule has 0 unspecified atom stereocenters. The molecule has 0 aliphatic heterocycles. The Morgan fingerprint density at radius 2 is 2.05 bits per heavy atom. The Morgan fingerprint density at radius 1 is 1.35 bits per heavy atom. The zero-order valence-electron chi connectivity index (χ0n) is 11.1. The lowest BCUT2D eigenvalue weighted by atomic mass is 9.85. The lowest BCUT2D eigenvalue weighted by molar-refractivity contribution is -0.122. The second kappa shape index (κ2) is 5.54. The topological polar surface area (TPSA) is 42.0 Å². The van der Waals surface area contributed by atoms with E-state index in [1.165, 1.54) is 11.3 Å². The third-order valence-corrected chi connectivity index (χ3v) is 4.76. The summed E-state index contributed by atoms with van der Waals surface area (Å²) >= 11 is 7.41. The number of benzene rings is 1. The van der Waals surface area contributed by atoms with E-state index in [0.717, 1.165) is 35.4 Å². The Bertz CT molecular complexity index is 632. The summed E-state index contributed by atoms with van der Waals surface area (Å²) in [6, 6.07) is 7.59. The molecular weight excluding hydrogens is 292 g/mol. The monoisotopic (exact) mass is 306 g/mol. The number of carbonyl (C=O) groups is 1. The maximum Gasteiger partial charge on any atom is 0.229 e. The second-order valence-corrected chi connectivity index (χ2v) is 6.69. The number of hydrogen-bond donors (Lipinski definition) is 1. The first-order valence-corrected chi connectivity index (χ1v) is 7.87. The van der Waals surface area contributed by atoms with Crippen molar-refractivity contribution >= 4 is 34.0 Å².